The van der Waals surface area contributed by atoms with Gasteiger partial charge in [-0.3, -0.25) is 19.8 Å². The number of furan rings is 1. The smallest absolute Gasteiger partial charge is 0.234 e. The van der Waals surface area contributed by atoms with E-state index in [1.54, 1.807) is 6.26 Å². The van der Waals surface area contributed by atoms with E-state index in [9.17, 15) is 9.59 Å². The van der Waals surface area contributed by atoms with Gasteiger partial charge in [0.25, 0.3) is 0 Å². The second-order valence-corrected chi connectivity index (χ2v) is 7.82. The van der Waals surface area contributed by atoms with Crippen LogP contribution in [0.2, 0.25) is 0 Å². The first-order chi connectivity index (χ1) is 14.7. The van der Waals surface area contributed by atoms with Crippen molar-refractivity contribution >= 4 is 33.6 Å². The number of nitrogens with one attached hydrogen (secondary N) is 1. The summed E-state index contributed by atoms with van der Waals surface area (Å²) in [5, 5.41) is 5.41. The van der Waals surface area contributed by atoms with Gasteiger partial charge in [0.1, 0.15) is 17.9 Å². The lowest BCUT2D eigenvalue weighted by atomic mass is 9.89. The Morgan fingerprint density at radius 2 is 2.00 bits per heavy atom. The van der Waals surface area contributed by atoms with Crippen molar-refractivity contribution in [2.45, 2.75) is 18.8 Å². The summed E-state index contributed by atoms with van der Waals surface area (Å²) in [5.74, 6) is -0.0260. The number of benzene rings is 2. The van der Waals surface area contributed by atoms with Crippen molar-refractivity contribution in [1.82, 2.24) is 10.2 Å². The molecule has 2 aromatic carbocycles. The average Bonchev–Trinajstić information content (AvgIpc) is 3.19. The molecule has 3 heterocycles. The van der Waals surface area contributed by atoms with Gasteiger partial charge >= 0.3 is 0 Å². The lowest BCUT2D eigenvalue weighted by Crippen LogP contribution is -2.39. The molecule has 1 atom stereocenters. The SMILES string of the molecule is O=C1CCC(c2coc3ccc4cc(OCCN5CCOCC5)ccc4c23)C(=O)N1. The van der Waals surface area contributed by atoms with E-state index in [2.05, 4.69) is 10.2 Å². The molecule has 7 nitrogen and oxygen atoms in total. The van der Waals surface area contributed by atoms with Gasteiger partial charge in [-0.05, 0) is 41.5 Å². The molecular formula is C23H24N2O5. The Labute approximate surface area is 173 Å². The predicted octanol–water partition coefficient (Wildman–Crippen LogP) is 2.82. The van der Waals surface area contributed by atoms with Crippen LogP contribution in [0.15, 0.2) is 41.0 Å². The second kappa shape index (κ2) is 8.08. The summed E-state index contributed by atoms with van der Waals surface area (Å²) in [6.45, 7) is 4.96. The van der Waals surface area contributed by atoms with Gasteiger partial charge in [0.2, 0.25) is 11.8 Å². The highest BCUT2D eigenvalue weighted by Crippen LogP contribution is 2.37. The lowest BCUT2D eigenvalue weighted by molar-refractivity contribution is -0.134. The fraction of sp³-hybridized carbons (Fsp3) is 0.391. The maximum absolute atomic E-state index is 12.4. The molecule has 5 rings (SSSR count). The maximum atomic E-state index is 12.4. The zero-order valence-corrected chi connectivity index (χ0v) is 16.7. The van der Waals surface area contributed by atoms with Crippen LogP contribution in [-0.2, 0) is 14.3 Å². The normalized spacial score (nSPS) is 20.6. The fourth-order valence-corrected chi connectivity index (χ4v) is 4.32. The Kier molecular flexibility index (Phi) is 5.14. The van der Waals surface area contributed by atoms with Gasteiger partial charge in [0.05, 0.1) is 25.4 Å². The minimum atomic E-state index is -0.376. The number of nitrogens with zero attached hydrogens (tertiary/aromatic N) is 1. The van der Waals surface area contributed by atoms with Gasteiger partial charge in [-0.2, -0.15) is 0 Å². The molecule has 1 aromatic heterocycles. The van der Waals surface area contributed by atoms with Crippen LogP contribution < -0.4 is 10.1 Å². The number of hydrogen-bond donors (Lipinski definition) is 1. The summed E-state index contributed by atoms with van der Waals surface area (Å²) >= 11 is 0. The van der Waals surface area contributed by atoms with E-state index in [4.69, 9.17) is 13.9 Å². The van der Waals surface area contributed by atoms with E-state index in [0.717, 1.165) is 65.9 Å². The monoisotopic (exact) mass is 408 g/mol. The van der Waals surface area contributed by atoms with Crippen LogP contribution in [0.4, 0.5) is 0 Å². The molecule has 0 aliphatic carbocycles. The van der Waals surface area contributed by atoms with Gasteiger partial charge in [0.15, 0.2) is 0 Å². The quantitative estimate of drug-likeness (QED) is 0.654. The third kappa shape index (κ3) is 3.66. The number of piperidine rings is 1. The van der Waals surface area contributed by atoms with Crippen molar-refractivity contribution in [1.29, 1.82) is 0 Å². The van der Waals surface area contributed by atoms with Crippen LogP contribution in [0.3, 0.4) is 0 Å². The van der Waals surface area contributed by atoms with Gasteiger partial charge in [-0.25, -0.2) is 0 Å². The predicted molar refractivity (Wildman–Crippen MR) is 112 cm³/mol. The molecule has 2 aliphatic rings. The number of carbonyl (C=O) groups is 2. The molecule has 30 heavy (non-hydrogen) atoms. The van der Waals surface area contributed by atoms with Crippen LogP contribution >= 0.6 is 0 Å². The number of ether oxygens (including phenoxy) is 2. The molecule has 1 N–H and O–H groups in total. The molecule has 1 unspecified atom stereocenters. The van der Waals surface area contributed by atoms with Crippen molar-refractivity contribution in [2.75, 3.05) is 39.5 Å². The fourth-order valence-electron chi connectivity index (χ4n) is 4.32. The van der Waals surface area contributed by atoms with Crippen LogP contribution in [0.1, 0.15) is 24.3 Å². The number of rotatable bonds is 5. The van der Waals surface area contributed by atoms with Crippen molar-refractivity contribution in [3.63, 3.8) is 0 Å². The zero-order valence-electron chi connectivity index (χ0n) is 16.7. The second-order valence-electron chi connectivity index (χ2n) is 7.82. The molecule has 2 fully saturated rings. The van der Waals surface area contributed by atoms with Gasteiger partial charge < -0.3 is 13.9 Å². The molecule has 3 aromatic rings. The number of carbonyl (C=O) groups excluding carboxylic acids is 2. The number of amides is 2. The lowest BCUT2D eigenvalue weighted by Gasteiger charge is -2.26. The number of morpholine rings is 1. The summed E-state index contributed by atoms with van der Waals surface area (Å²) in [4.78, 5) is 26.2. The van der Waals surface area contributed by atoms with E-state index in [1.807, 2.05) is 30.3 Å². The Morgan fingerprint density at radius 3 is 2.83 bits per heavy atom. The molecule has 2 amide bonds. The summed E-state index contributed by atoms with van der Waals surface area (Å²) in [6, 6.07) is 9.93. The van der Waals surface area contributed by atoms with E-state index in [-0.39, 0.29) is 17.7 Å². The summed E-state index contributed by atoms with van der Waals surface area (Å²) in [5.41, 5.74) is 1.57. The van der Waals surface area contributed by atoms with Crippen LogP contribution in [0, 0.1) is 0 Å². The Hall–Kier alpha value is -2.90. The summed E-state index contributed by atoms with van der Waals surface area (Å²) in [6.07, 6.45) is 2.49. The van der Waals surface area contributed by atoms with Gasteiger partial charge in [0, 0.05) is 37.0 Å². The average molecular weight is 408 g/mol. The molecule has 0 bridgehead atoms. The van der Waals surface area contributed by atoms with Crippen LogP contribution in [-0.4, -0.2) is 56.2 Å². The van der Waals surface area contributed by atoms with Crippen molar-refractivity contribution in [3.05, 3.63) is 42.2 Å². The first-order valence-corrected chi connectivity index (χ1v) is 10.4. The highest BCUT2D eigenvalue weighted by Gasteiger charge is 2.31. The first kappa shape index (κ1) is 19.1. The zero-order chi connectivity index (χ0) is 20.5. The highest BCUT2D eigenvalue weighted by atomic mass is 16.5. The van der Waals surface area contributed by atoms with Gasteiger partial charge in [-0.15, -0.1) is 0 Å². The number of fused-ring (bicyclic) bond motifs is 3. The molecule has 2 aliphatic heterocycles. The molecule has 0 radical (unpaired) electrons. The largest absolute Gasteiger partial charge is 0.492 e. The first-order valence-electron chi connectivity index (χ1n) is 10.4. The van der Waals surface area contributed by atoms with Crippen molar-refractivity contribution < 1.29 is 23.5 Å². The number of hydrogen-bond acceptors (Lipinski definition) is 6. The Morgan fingerprint density at radius 1 is 1.13 bits per heavy atom. The third-order valence-corrected chi connectivity index (χ3v) is 5.95. The van der Waals surface area contributed by atoms with Crippen LogP contribution in [0.25, 0.3) is 21.7 Å². The van der Waals surface area contributed by atoms with Crippen molar-refractivity contribution in [3.8, 4) is 5.75 Å². The minimum Gasteiger partial charge on any atom is -0.492 e. The third-order valence-electron chi connectivity index (χ3n) is 5.95. The molecule has 0 spiro atoms. The standard InChI is InChI=1S/C23H24N2O5/c26-21-6-4-18(23(27)24-21)19-14-30-20-5-1-15-13-16(2-3-17(15)22(19)20)29-12-9-25-7-10-28-11-8-25/h1-3,5,13-14,18H,4,6-12H2,(H,24,26,27). The van der Waals surface area contributed by atoms with Crippen molar-refractivity contribution in [2.24, 2.45) is 0 Å². The Balaban J connectivity index is 1.39. The van der Waals surface area contributed by atoms with Gasteiger partial charge in [-0.1, -0.05) is 6.07 Å². The molecule has 156 valence electrons. The summed E-state index contributed by atoms with van der Waals surface area (Å²) < 4.78 is 17.1. The van der Waals surface area contributed by atoms with E-state index >= 15 is 0 Å². The topological polar surface area (TPSA) is 81.0 Å². The van der Waals surface area contributed by atoms with E-state index in [0.29, 0.717) is 19.4 Å². The maximum Gasteiger partial charge on any atom is 0.234 e. The highest BCUT2D eigenvalue weighted by molar-refractivity contribution is 6.10. The molecule has 7 heteroatoms. The van der Waals surface area contributed by atoms with E-state index < -0.39 is 0 Å². The summed E-state index contributed by atoms with van der Waals surface area (Å²) in [7, 11) is 0. The van der Waals surface area contributed by atoms with Crippen LogP contribution in [0.5, 0.6) is 5.75 Å². The molecule has 0 saturated carbocycles. The minimum absolute atomic E-state index is 0.215. The Bertz CT molecular complexity index is 1100. The molecular weight excluding hydrogens is 384 g/mol. The molecule has 2 saturated heterocycles. The number of imide groups is 1. The van der Waals surface area contributed by atoms with E-state index in [1.165, 1.54) is 0 Å².